The number of carbonyl (C=O) groups excluding carboxylic acids is 1. The van der Waals surface area contributed by atoms with E-state index >= 15 is 0 Å². The van der Waals surface area contributed by atoms with Crippen molar-refractivity contribution in [2.75, 3.05) is 7.11 Å². The van der Waals surface area contributed by atoms with Gasteiger partial charge >= 0.3 is 0 Å². The van der Waals surface area contributed by atoms with E-state index in [1.165, 1.54) is 13.3 Å². The van der Waals surface area contributed by atoms with E-state index in [2.05, 4.69) is 25.1 Å². The predicted molar refractivity (Wildman–Crippen MR) is 130 cm³/mol. The van der Waals surface area contributed by atoms with Crippen LogP contribution in [0.25, 0.3) is 5.69 Å². The number of ether oxygens (including phenoxy) is 2. The number of aromatic nitrogens is 3. The fourth-order valence-electron chi connectivity index (χ4n) is 3.45. The monoisotopic (exact) mass is 493 g/mol. The summed E-state index contributed by atoms with van der Waals surface area (Å²) in [6.07, 6.45) is 2.37. The molecule has 0 saturated heterocycles. The van der Waals surface area contributed by atoms with E-state index in [-0.39, 0.29) is 22.8 Å². The number of amides is 1. The second-order valence-electron chi connectivity index (χ2n) is 7.51. The molecule has 8 nitrogen and oxygen atoms in total. The molecule has 0 aliphatic heterocycles. The zero-order chi connectivity index (χ0) is 24.9. The lowest BCUT2D eigenvalue weighted by molar-refractivity contribution is 0.0955. The zero-order valence-electron chi connectivity index (χ0n) is 19.1. The topological polar surface area (TPSA) is 90.6 Å². The summed E-state index contributed by atoms with van der Waals surface area (Å²) in [6.45, 7) is 4.02. The van der Waals surface area contributed by atoms with E-state index in [1.54, 1.807) is 30.3 Å². The van der Waals surface area contributed by atoms with E-state index in [9.17, 15) is 9.18 Å². The summed E-state index contributed by atoms with van der Waals surface area (Å²) >= 11 is 5.70. The van der Waals surface area contributed by atoms with Crippen molar-refractivity contribution in [2.24, 2.45) is 5.10 Å². The Morgan fingerprint density at radius 1 is 1.11 bits per heavy atom. The van der Waals surface area contributed by atoms with Crippen LogP contribution in [-0.2, 0) is 0 Å². The predicted octanol–water partition coefficient (Wildman–Crippen LogP) is 5.24. The molecule has 35 heavy (non-hydrogen) atoms. The first kappa shape index (κ1) is 23.9. The maximum atomic E-state index is 13.9. The van der Waals surface area contributed by atoms with Crippen LogP contribution in [0.1, 0.15) is 27.3 Å². The van der Waals surface area contributed by atoms with E-state index in [4.69, 9.17) is 21.1 Å². The average Bonchev–Trinajstić information content (AvgIpc) is 3.19. The van der Waals surface area contributed by atoms with Gasteiger partial charge in [0.1, 0.15) is 0 Å². The van der Waals surface area contributed by atoms with Gasteiger partial charge in [0.15, 0.2) is 11.5 Å². The molecule has 178 valence electrons. The second kappa shape index (κ2) is 10.4. The summed E-state index contributed by atoms with van der Waals surface area (Å²) in [5.74, 6) is -0.927. The highest BCUT2D eigenvalue weighted by Gasteiger charge is 2.13. The van der Waals surface area contributed by atoms with Crippen LogP contribution in [0.2, 0.25) is 5.28 Å². The molecule has 4 aromatic rings. The molecule has 2 heterocycles. The Hall–Kier alpha value is -4.24. The largest absolute Gasteiger partial charge is 0.493 e. The van der Waals surface area contributed by atoms with Gasteiger partial charge in [0.25, 0.3) is 11.8 Å². The lowest BCUT2D eigenvalue weighted by atomic mass is 10.2. The maximum Gasteiger partial charge on any atom is 0.271 e. The highest BCUT2D eigenvalue weighted by atomic mass is 35.5. The van der Waals surface area contributed by atoms with Crippen molar-refractivity contribution in [1.29, 1.82) is 0 Å². The van der Waals surface area contributed by atoms with E-state index in [0.717, 1.165) is 23.3 Å². The van der Waals surface area contributed by atoms with Crippen LogP contribution < -0.4 is 14.9 Å². The number of rotatable bonds is 7. The Labute approximate surface area is 206 Å². The number of methoxy groups -OCH3 is 1. The molecule has 1 N–H and O–H groups in total. The van der Waals surface area contributed by atoms with Crippen molar-refractivity contribution in [1.82, 2.24) is 20.0 Å². The van der Waals surface area contributed by atoms with E-state index < -0.39 is 5.82 Å². The minimum absolute atomic E-state index is 0.149. The molecular formula is C25H21ClFN5O3. The Morgan fingerprint density at radius 2 is 1.89 bits per heavy atom. The number of nitrogens with one attached hydrogen (secondary N) is 1. The normalized spacial score (nSPS) is 11.0. The van der Waals surface area contributed by atoms with Crippen molar-refractivity contribution in [3.05, 3.63) is 94.4 Å². The van der Waals surface area contributed by atoms with Crippen molar-refractivity contribution in [3.8, 4) is 23.1 Å². The lowest BCUT2D eigenvalue weighted by Crippen LogP contribution is -2.18. The lowest BCUT2D eigenvalue weighted by Gasteiger charge is -2.11. The van der Waals surface area contributed by atoms with Crippen LogP contribution in [0, 0.1) is 19.7 Å². The molecule has 0 radical (unpaired) electrons. The first-order valence-corrected chi connectivity index (χ1v) is 10.9. The van der Waals surface area contributed by atoms with Gasteiger partial charge in [-0.2, -0.15) is 14.5 Å². The molecule has 0 aliphatic rings. The molecule has 0 fully saturated rings. The van der Waals surface area contributed by atoms with Gasteiger partial charge in [-0.15, -0.1) is 0 Å². The quantitative estimate of drug-likeness (QED) is 0.216. The van der Waals surface area contributed by atoms with Gasteiger partial charge < -0.3 is 14.0 Å². The number of carbonyl (C=O) groups is 1. The first-order chi connectivity index (χ1) is 16.9. The van der Waals surface area contributed by atoms with Gasteiger partial charge in [0.2, 0.25) is 11.1 Å². The summed E-state index contributed by atoms with van der Waals surface area (Å²) in [6, 6.07) is 16.2. The fraction of sp³-hybridized carbons (Fsp3) is 0.120. The highest BCUT2D eigenvalue weighted by molar-refractivity contribution is 6.28. The standard InChI is InChI=1S/C25H21ClFN5O3/c1-15-7-8-16(2)32(15)19-6-4-5-18(12-19)23(33)31-29-13-17-9-10-21(22(11-17)34-3)35-24-20(27)14-28-25(26)30-24/h4-14H,1-3H3,(H,31,33)/b29-13-. The molecular weight excluding hydrogens is 473 g/mol. The Morgan fingerprint density at radius 3 is 2.63 bits per heavy atom. The minimum Gasteiger partial charge on any atom is -0.493 e. The SMILES string of the molecule is COc1cc(/C=N\NC(=O)c2cccc(-n3c(C)ccc3C)c2)ccc1Oc1nc(Cl)ncc1F. The molecule has 2 aromatic heterocycles. The van der Waals surface area contributed by atoms with Crippen LogP contribution in [0.4, 0.5) is 4.39 Å². The van der Waals surface area contributed by atoms with Gasteiger partial charge in [-0.1, -0.05) is 6.07 Å². The maximum absolute atomic E-state index is 13.9. The Bertz CT molecular complexity index is 1400. The van der Waals surface area contributed by atoms with Crippen LogP contribution >= 0.6 is 11.6 Å². The third kappa shape index (κ3) is 5.47. The fourth-order valence-corrected chi connectivity index (χ4v) is 3.57. The summed E-state index contributed by atoms with van der Waals surface area (Å²) in [5, 5.41) is 3.89. The number of hydrazone groups is 1. The number of nitrogens with zero attached hydrogens (tertiary/aromatic N) is 4. The number of benzene rings is 2. The van der Waals surface area contributed by atoms with Crippen molar-refractivity contribution in [2.45, 2.75) is 13.8 Å². The minimum atomic E-state index is -0.768. The molecule has 0 saturated carbocycles. The summed E-state index contributed by atoms with van der Waals surface area (Å²) in [7, 11) is 1.44. The van der Waals surface area contributed by atoms with Crippen molar-refractivity contribution >= 4 is 23.7 Å². The van der Waals surface area contributed by atoms with E-state index in [1.807, 2.05) is 38.1 Å². The van der Waals surface area contributed by atoms with Gasteiger partial charge in [-0.3, -0.25) is 4.79 Å². The summed E-state index contributed by atoms with van der Waals surface area (Å²) in [4.78, 5) is 19.9. The number of aryl methyl sites for hydroxylation is 2. The van der Waals surface area contributed by atoms with Gasteiger partial charge in [-0.25, -0.2) is 10.4 Å². The van der Waals surface area contributed by atoms with Crippen LogP contribution in [0.5, 0.6) is 17.4 Å². The number of hydrogen-bond donors (Lipinski definition) is 1. The summed E-state index contributed by atoms with van der Waals surface area (Å²) < 4.78 is 26.7. The molecule has 2 aromatic carbocycles. The van der Waals surface area contributed by atoms with Crippen molar-refractivity contribution < 1.29 is 18.7 Å². The summed E-state index contributed by atoms with van der Waals surface area (Å²) in [5.41, 5.74) is 6.65. The number of halogens is 2. The van der Waals surface area contributed by atoms with Gasteiger partial charge in [0.05, 0.1) is 19.5 Å². The third-order valence-corrected chi connectivity index (χ3v) is 5.28. The average molecular weight is 494 g/mol. The molecule has 0 atom stereocenters. The zero-order valence-corrected chi connectivity index (χ0v) is 19.9. The number of hydrogen-bond acceptors (Lipinski definition) is 6. The molecule has 0 spiro atoms. The highest BCUT2D eigenvalue weighted by Crippen LogP contribution is 2.32. The first-order valence-electron chi connectivity index (χ1n) is 10.5. The van der Waals surface area contributed by atoms with Crippen LogP contribution in [0.15, 0.2) is 65.9 Å². The Balaban J connectivity index is 1.46. The van der Waals surface area contributed by atoms with Crippen LogP contribution in [-0.4, -0.2) is 33.8 Å². The second-order valence-corrected chi connectivity index (χ2v) is 7.84. The van der Waals surface area contributed by atoms with Gasteiger partial charge in [-0.05, 0) is 79.5 Å². The molecule has 4 rings (SSSR count). The molecule has 0 bridgehead atoms. The van der Waals surface area contributed by atoms with Crippen molar-refractivity contribution in [3.63, 3.8) is 0 Å². The molecule has 1 amide bonds. The Kier molecular flexibility index (Phi) is 7.07. The molecule has 10 heteroatoms. The van der Waals surface area contributed by atoms with Gasteiger partial charge in [0, 0.05) is 22.6 Å². The molecule has 0 unspecified atom stereocenters. The van der Waals surface area contributed by atoms with E-state index in [0.29, 0.717) is 16.9 Å². The smallest absolute Gasteiger partial charge is 0.271 e. The van der Waals surface area contributed by atoms with Crippen LogP contribution in [0.3, 0.4) is 0 Å². The molecule has 0 aliphatic carbocycles. The third-order valence-electron chi connectivity index (χ3n) is 5.09.